The highest BCUT2D eigenvalue weighted by molar-refractivity contribution is 8.03. The monoisotopic (exact) mass is 516 g/mol. The van der Waals surface area contributed by atoms with Crippen molar-refractivity contribution in [3.8, 4) is 0 Å². The van der Waals surface area contributed by atoms with Crippen LogP contribution < -0.4 is 0 Å². The molecule has 4 nitrogen and oxygen atoms in total. The van der Waals surface area contributed by atoms with Gasteiger partial charge in [0.05, 0.1) is 37.6 Å². The first-order chi connectivity index (χ1) is 17.5. The molecule has 0 aromatic heterocycles. The highest BCUT2D eigenvalue weighted by Crippen LogP contribution is 2.42. The van der Waals surface area contributed by atoms with Gasteiger partial charge in [-0.2, -0.15) is 13.2 Å². The van der Waals surface area contributed by atoms with Crippen LogP contribution in [0.15, 0.2) is 102 Å². The van der Waals surface area contributed by atoms with E-state index in [1.165, 1.54) is 0 Å². The van der Waals surface area contributed by atoms with Gasteiger partial charge in [-0.15, -0.1) is 0 Å². The molecule has 190 valence electrons. The molecule has 0 amide bonds. The second-order valence-corrected chi connectivity index (χ2v) is 9.36. The van der Waals surface area contributed by atoms with E-state index in [4.69, 9.17) is 18.9 Å². The van der Waals surface area contributed by atoms with Crippen molar-refractivity contribution in [3.05, 3.63) is 119 Å². The second-order valence-electron chi connectivity index (χ2n) is 8.22. The quantitative estimate of drug-likeness (QED) is 0.278. The Morgan fingerprint density at radius 2 is 1.19 bits per heavy atom. The molecule has 0 N–H and O–H groups in total. The number of hydrogen-bond acceptors (Lipinski definition) is 5. The molecule has 3 atom stereocenters. The van der Waals surface area contributed by atoms with Crippen LogP contribution >= 0.6 is 11.8 Å². The molecule has 8 heteroatoms. The lowest BCUT2D eigenvalue weighted by Gasteiger charge is -2.37. The van der Waals surface area contributed by atoms with Crippen molar-refractivity contribution >= 4 is 11.8 Å². The van der Waals surface area contributed by atoms with Crippen LogP contribution in [0.3, 0.4) is 0 Å². The molecule has 0 aliphatic carbocycles. The molecule has 0 unspecified atom stereocenters. The van der Waals surface area contributed by atoms with Crippen LogP contribution in [0.1, 0.15) is 16.7 Å². The molecule has 1 aliphatic heterocycles. The van der Waals surface area contributed by atoms with Crippen molar-refractivity contribution in [2.75, 3.05) is 6.61 Å². The van der Waals surface area contributed by atoms with Crippen LogP contribution in [0.4, 0.5) is 13.2 Å². The third-order valence-corrected chi connectivity index (χ3v) is 6.28. The van der Waals surface area contributed by atoms with E-state index in [0.717, 1.165) is 23.0 Å². The van der Waals surface area contributed by atoms with E-state index in [2.05, 4.69) is 0 Å². The average Bonchev–Trinajstić information content (AvgIpc) is 2.88. The summed E-state index contributed by atoms with van der Waals surface area (Å²) >= 11 is -0.241. The van der Waals surface area contributed by atoms with Crippen LogP contribution in [0, 0.1) is 0 Å². The number of halogens is 3. The van der Waals surface area contributed by atoms with Gasteiger partial charge in [-0.3, -0.25) is 0 Å². The minimum atomic E-state index is -4.50. The topological polar surface area (TPSA) is 36.9 Å². The highest BCUT2D eigenvalue weighted by Gasteiger charge is 2.43. The largest absolute Gasteiger partial charge is 0.492 e. The molecule has 0 spiro atoms. The normalized spacial score (nSPS) is 20.0. The molecule has 0 radical (unpaired) electrons. The van der Waals surface area contributed by atoms with E-state index in [0.29, 0.717) is 6.61 Å². The predicted octanol–water partition coefficient (Wildman–Crippen LogP) is 6.87. The van der Waals surface area contributed by atoms with Gasteiger partial charge >= 0.3 is 5.51 Å². The predicted molar refractivity (Wildman–Crippen MR) is 133 cm³/mol. The fraction of sp³-hybridized carbons (Fsp3) is 0.286. The van der Waals surface area contributed by atoms with Crippen molar-refractivity contribution < 1.29 is 32.1 Å². The molecular weight excluding hydrogens is 489 g/mol. The number of rotatable bonds is 11. The summed E-state index contributed by atoms with van der Waals surface area (Å²) in [4.78, 5) is -0.0872. The standard InChI is InChI=1S/C28H27F3O4S/c29-28(30,31)36-25-20-33-24(19-32-16-21-10-4-1-5-11-21)26(34-17-22-12-6-2-7-13-22)27(25)35-18-23-14-8-3-9-15-23/h1-15,20,24,26-27H,16-19H2/t24-,26-,27-/m1/s1. The third-order valence-electron chi connectivity index (χ3n) is 5.49. The molecule has 3 aromatic rings. The van der Waals surface area contributed by atoms with Crippen LogP contribution in [0.25, 0.3) is 0 Å². The van der Waals surface area contributed by atoms with Gasteiger partial charge in [0, 0.05) is 0 Å². The molecule has 1 aliphatic rings. The Morgan fingerprint density at radius 3 is 1.72 bits per heavy atom. The van der Waals surface area contributed by atoms with E-state index in [1.807, 2.05) is 91.0 Å². The summed E-state index contributed by atoms with van der Waals surface area (Å²) in [6.45, 7) is 0.790. The lowest BCUT2D eigenvalue weighted by Crippen LogP contribution is -2.47. The lowest BCUT2D eigenvalue weighted by atomic mass is 10.1. The number of thioether (sulfide) groups is 1. The molecular formula is C28H27F3O4S. The summed E-state index contributed by atoms with van der Waals surface area (Å²) in [7, 11) is 0. The Labute approximate surface area is 213 Å². The molecule has 1 heterocycles. The van der Waals surface area contributed by atoms with Crippen molar-refractivity contribution in [2.24, 2.45) is 0 Å². The first-order valence-corrected chi connectivity index (χ1v) is 12.3. The number of ether oxygens (including phenoxy) is 4. The summed E-state index contributed by atoms with van der Waals surface area (Å²) in [5.41, 5.74) is -1.78. The Hall–Kier alpha value is -2.78. The highest BCUT2D eigenvalue weighted by atomic mass is 32.2. The van der Waals surface area contributed by atoms with Gasteiger partial charge in [-0.25, -0.2) is 0 Å². The number of benzene rings is 3. The Morgan fingerprint density at radius 1 is 0.694 bits per heavy atom. The van der Waals surface area contributed by atoms with Gasteiger partial charge in [-0.1, -0.05) is 91.0 Å². The molecule has 0 saturated carbocycles. The SMILES string of the molecule is FC(F)(F)SC1=CO[C@H](COCc2ccccc2)[C@@H](OCc2ccccc2)[C@@H]1OCc1ccccc1. The van der Waals surface area contributed by atoms with Crippen LogP contribution in [-0.2, 0) is 38.8 Å². The van der Waals surface area contributed by atoms with Crippen molar-refractivity contribution in [1.29, 1.82) is 0 Å². The Balaban J connectivity index is 1.53. The third kappa shape index (κ3) is 8.13. The zero-order valence-corrected chi connectivity index (χ0v) is 20.3. The minimum Gasteiger partial charge on any atom is -0.492 e. The van der Waals surface area contributed by atoms with Crippen LogP contribution in [0.5, 0.6) is 0 Å². The Kier molecular flexibility index (Phi) is 9.47. The maximum absolute atomic E-state index is 13.4. The molecule has 4 rings (SSSR count). The van der Waals surface area contributed by atoms with Gasteiger partial charge in [0.2, 0.25) is 0 Å². The van der Waals surface area contributed by atoms with Gasteiger partial charge < -0.3 is 18.9 Å². The molecule has 0 saturated heterocycles. The van der Waals surface area contributed by atoms with Crippen molar-refractivity contribution in [3.63, 3.8) is 0 Å². The lowest BCUT2D eigenvalue weighted by molar-refractivity contribution is -0.149. The smallest absolute Gasteiger partial charge is 0.446 e. The molecule has 3 aromatic carbocycles. The van der Waals surface area contributed by atoms with Crippen LogP contribution in [0.2, 0.25) is 0 Å². The zero-order chi connectivity index (χ0) is 25.2. The van der Waals surface area contributed by atoms with E-state index >= 15 is 0 Å². The first kappa shape index (κ1) is 26.3. The fourth-order valence-electron chi connectivity index (χ4n) is 3.77. The zero-order valence-electron chi connectivity index (χ0n) is 19.5. The summed E-state index contributed by atoms with van der Waals surface area (Å²) in [5.74, 6) is 0. The molecule has 0 fully saturated rings. The first-order valence-electron chi connectivity index (χ1n) is 11.5. The van der Waals surface area contributed by atoms with Crippen LogP contribution in [-0.4, -0.2) is 30.4 Å². The minimum absolute atomic E-state index is 0.0872. The summed E-state index contributed by atoms with van der Waals surface area (Å²) in [6, 6.07) is 28.4. The number of hydrogen-bond donors (Lipinski definition) is 0. The molecule has 36 heavy (non-hydrogen) atoms. The van der Waals surface area contributed by atoms with E-state index in [9.17, 15) is 13.2 Å². The van der Waals surface area contributed by atoms with Gasteiger partial charge in [-0.05, 0) is 28.5 Å². The number of alkyl halides is 3. The summed E-state index contributed by atoms with van der Waals surface area (Å²) in [5, 5.41) is 0. The molecule has 0 bridgehead atoms. The maximum Gasteiger partial charge on any atom is 0.446 e. The Bertz CT molecular complexity index is 1080. The summed E-state index contributed by atoms with van der Waals surface area (Å²) in [6.07, 6.45) is -1.33. The van der Waals surface area contributed by atoms with Gasteiger partial charge in [0.15, 0.2) is 6.10 Å². The van der Waals surface area contributed by atoms with Gasteiger partial charge in [0.1, 0.15) is 12.2 Å². The van der Waals surface area contributed by atoms with E-state index in [-0.39, 0.29) is 36.5 Å². The van der Waals surface area contributed by atoms with E-state index in [1.54, 1.807) is 0 Å². The fourth-order valence-corrected chi connectivity index (χ4v) is 4.46. The van der Waals surface area contributed by atoms with E-state index < -0.39 is 23.8 Å². The van der Waals surface area contributed by atoms with Gasteiger partial charge in [0.25, 0.3) is 0 Å². The average molecular weight is 517 g/mol. The maximum atomic E-state index is 13.4. The van der Waals surface area contributed by atoms with Crippen molar-refractivity contribution in [1.82, 2.24) is 0 Å². The van der Waals surface area contributed by atoms with Crippen molar-refractivity contribution in [2.45, 2.75) is 43.6 Å². The second kappa shape index (κ2) is 13.0. The summed E-state index contributed by atoms with van der Waals surface area (Å²) < 4.78 is 64.0.